The first kappa shape index (κ1) is 25.8. The highest BCUT2D eigenvalue weighted by Gasteiger charge is 2.34. The van der Waals surface area contributed by atoms with Crippen LogP contribution in [0.1, 0.15) is 0 Å². The number of anilines is 2. The molecule has 0 radical (unpaired) electrons. The topological polar surface area (TPSA) is 101 Å². The molecule has 3 aliphatic heterocycles. The number of urea groups is 1. The number of nitrogens with one attached hydrogen (secondary N) is 2. The van der Waals surface area contributed by atoms with E-state index in [9.17, 15) is 23.2 Å². The molecule has 11 nitrogen and oxygen atoms in total. The molecular weight excluding hydrogens is 483 g/mol. The van der Waals surface area contributed by atoms with Crippen molar-refractivity contribution in [2.75, 3.05) is 82.3 Å². The number of nitrogens with zero attached hydrogens (tertiary/aromatic N) is 5. The van der Waals surface area contributed by atoms with E-state index in [2.05, 4.69) is 10.3 Å². The summed E-state index contributed by atoms with van der Waals surface area (Å²) in [4.78, 5) is 43.1. The van der Waals surface area contributed by atoms with E-state index in [0.29, 0.717) is 45.0 Å². The lowest BCUT2D eigenvalue weighted by atomic mass is 10.2. The third kappa shape index (κ3) is 5.93. The number of alkyl halides is 2. The minimum atomic E-state index is -3.16. The molecule has 0 saturated carbocycles. The Morgan fingerprint density at radius 3 is 2.58 bits per heavy atom. The molecule has 1 aromatic carbocycles. The van der Waals surface area contributed by atoms with Gasteiger partial charge >= 0.3 is 18.5 Å². The molecule has 36 heavy (non-hydrogen) atoms. The van der Waals surface area contributed by atoms with Crippen LogP contribution in [-0.4, -0.2) is 118 Å². The zero-order valence-electron chi connectivity index (χ0n) is 20.0. The number of hydrogen-bond acceptors (Lipinski definition) is 7. The van der Waals surface area contributed by atoms with Gasteiger partial charge in [0.2, 0.25) is 0 Å². The first-order valence-corrected chi connectivity index (χ1v) is 11.8. The number of cyclic esters (lactones) is 1. The third-order valence-corrected chi connectivity index (χ3v) is 6.44. The lowest BCUT2D eigenvalue weighted by Gasteiger charge is -2.35. The van der Waals surface area contributed by atoms with Crippen molar-refractivity contribution in [2.45, 2.75) is 12.5 Å². The maximum absolute atomic E-state index is 15.1. The largest absolute Gasteiger partial charge is 0.442 e. The number of halogens is 3. The fraction of sp³-hybridized carbons (Fsp3) is 0.591. The Labute approximate surface area is 206 Å². The van der Waals surface area contributed by atoms with Gasteiger partial charge < -0.3 is 24.8 Å². The molecule has 1 atom stereocenters. The smallest absolute Gasteiger partial charge is 0.414 e. The van der Waals surface area contributed by atoms with Gasteiger partial charge in [0, 0.05) is 45.8 Å². The van der Waals surface area contributed by atoms with Crippen LogP contribution in [-0.2, 0) is 9.53 Å². The number of hydrogen-bond donors (Lipinski definition) is 2. The molecule has 3 fully saturated rings. The maximum Gasteiger partial charge on any atom is 0.414 e. The quantitative estimate of drug-likeness (QED) is 0.593. The van der Waals surface area contributed by atoms with Gasteiger partial charge in [-0.25, -0.2) is 19.4 Å². The number of ether oxygens (including phenoxy) is 1. The molecule has 4 rings (SSSR count). The summed E-state index contributed by atoms with van der Waals surface area (Å²) < 4.78 is 44.9. The molecule has 0 unspecified atom stereocenters. The van der Waals surface area contributed by atoms with Gasteiger partial charge in [0.1, 0.15) is 11.9 Å². The highest BCUT2D eigenvalue weighted by molar-refractivity contribution is 5.90. The molecule has 3 saturated heterocycles. The Hall–Kier alpha value is -3.26. The average Bonchev–Trinajstić information content (AvgIpc) is 3.06. The van der Waals surface area contributed by atoms with Crippen LogP contribution >= 0.6 is 0 Å². The summed E-state index contributed by atoms with van der Waals surface area (Å²) in [7, 11) is 2.02. The minimum absolute atomic E-state index is 0.0157. The van der Waals surface area contributed by atoms with Gasteiger partial charge in [0.05, 0.1) is 31.0 Å². The van der Waals surface area contributed by atoms with Crippen LogP contribution in [0.2, 0.25) is 0 Å². The zero-order chi connectivity index (χ0) is 25.8. The lowest BCUT2D eigenvalue weighted by Crippen LogP contribution is -2.55. The molecular formula is C22H30F3N7O4. The number of carbonyl (C=O) groups excluding carboxylic acids is 3. The standard InChI is InChI=1S/C22H30F3N7O4/c1-28-6-8-30(9-7-28)21(34)32-11-10-29(5-4-27-32)18-3-2-15(12-17(18)23)31-14-16(36-22(31)35)13-26-20(33)19(24)25/h2-3,12,16,19,27H,4-11,13-14H2,1H3,(H,26,33)/t16-/m0/s1. The minimum Gasteiger partial charge on any atom is -0.442 e. The second-order valence-electron chi connectivity index (χ2n) is 8.92. The van der Waals surface area contributed by atoms with Gasteiger partial charge in [-0.15, -0.1) is 0 Å². The van der Waals surface area contributed by atoms with E-state index in [1.54, 1.807) is 22.0 Å². The van der Waals surface area contributed by atoms with Crippen LogP contribution < -0.4 is 20.5 Å². The Morgan fingerprint density at radius 2 is 1.89 bits per heavy atom. The number of carbonyl (C=O) groups is 3. The van der Waals surface area contributed by atoms with E-state index in [1.807, 2.05) is 17.3 Å². The lowest BCUT2D eigenvalue weighted by molar-refractivity contribution is -0.132. The first-order valence-electron chi connectivity index (χ1n) is 11.8. The van der Waals surface area contributed by atoms with Crippen LogP contribution in [0.3, 0.4) is 0 Å². The van der Waals surface area contributed by atoms with E-state index < -0.39 is 30.3 Å². The highest BCUT2D eigenvalue weighted by atomic mass is 19.3. The molecule has 2 N–H and O–H groups in total. The Morgan fingerprint density at radius 1 is 1.14 bits per heavy atom. The predicted octanol–water partition coefficient (Wildman–Crippen LogP) is 0.526. The summed E-state index contributed by atoms with van der Waals surface area (Å²) in [6.45, 7) is 4.38. The van der Waals surface area contributed by atoms with E-state index in [4.69, 9.17) is 4.74 Å². The summed E-state index contributed by atoms with van der Waals surface area (Å²) in [5.41, 5.74) is 3.71. The van der Waals surface area contributed by atoms with E-state index >= 15 is 4.39 Å². The van der Waals surface area contributed by atoms with Gasteiger partial charge in [0.25, 0.3) is 5.91 Å². The zero-order valence-corrected chi connectivity index (χ0v) is 20.0. The molecule has 3 heterocycles. The van der Waals surface area contributed by atoms with Gasteiger partial charge in [0.15, 0.2) is 0 Å². The van der Waals surface area contributed by atoms with E-state index in [0.717, 1.165) is 13.1 Å². The number of hydrazine groups is 1. The molecule has 1 aromatic rings. The van der Waals surface area contributed by atoms with E-state index in [-0.39, 0.29) is 24.8 Å². The van der Waals surface area contributed by atoms with Crippen LogP contribution in [0.4, 0.5) is 34.1 Å². The van der Waals surface area contributed by atoms with Crippen LogP contribution in [0.25, 0.3) is 0 Å². The maximum atomic E-state index is 15.1. The van der Waals surface area contributed by atoms with Crippen molar-refractivity contribution in [1.29, 1.82) is 0 Å². The third-order valence-electron chi connectivity index (χ3n) is 6.44. The average molecular weight is 514 g/mol. The van der Waals surface area contributed by atoms with E-state index in [1.165, 1.54) is 11.0 Å². The second kappa shape index (κ2) is 11.2. The van der Waals surface area contributed by atoms with Crippen molar-refractivity contribution >= 4 is 29.4 Å². The molecule has 0 aromatic heterocycles. The van der Waals surface area contributed by atoms with Crippen molar-refractivity contribution in [1.82, 2.24) is 25.6 Å². The number of rotatable bonds is 5. The Bertz CT molecular complexity index is 977. The summed E-state index contributed by atoms with van der Waals surface area (Å²) in [5, 5.41) is 3.58. The molecule has 0 spiro atoms. The van der Waals surface area contributed by atoms with Crippen molar-refractivity contribution in [3.05, 3.63) is 24.0 Å². The second-order valence-corrected chi connectivity index (χ2v) is 8.92. The Kier molecular flexibility index (Phi) is 8.04. The van der Waals surface area contributed by atoms with Crippen LogP contribution in [0.5, 0.6) is 0 Å². The summed E-state index contributed by atoms with van der Waals surface area (Å²) in [6.07, 6.45) is -4.75. The fourth-order valence-electron chi connectivity index (χ4n) is 4.35. The van der Waals surface area contributed by atoms with Crippen molar-refractivity contribution in [3.8, 4) is 0 Å². The molecule has 0 aliphatic carbocycles. The SMILES string of the molecule is CN1CCN(C(=O)N2CCN(c3ccc(N4C[C@H](CNC(=O)C(F)F)OC4=O)cc3F)CCN2)CC1. The number of piperazine rings is 1. The van der Waals surface area contributed by atoms with Crippen molar-refractivity contribution < 1.29 is 32.3 Å². The number of benzene rings is 1. The molecule has 3 aliphatic rings. The predicted molar refractivity (Wildman–Crippen MR) is 124 cm³/mol. The van der Waals surface area contributed by atoms with Crippen LogP contribution in [0, 0.1) is 5.82 Å². The monoisotopic (exact) mass is 513 g/mol. The first-order chi connectivity index (χ1) is 17.2. The number of likely N-dealkylation sites (N-methyl/N-ethyl adjacent to an activating group) is 1. The normalized spacial score (nSPS) is 21.6. The number of amides is 4. The van der Waals surface area contributed by atoms with Gasteiger partial charge in [-0.1, -0.05) is 0 Å². The fourth-order valence-corrected chi connectivity index (χ4v) is 4.35. The van der Waals surface area contributed by atoms with Gasteiger partial charge in [-0.3, -0.25) is 14.7 Å². The summed E-state index contributed by atoms with van der Waals surface area (Å²) in [6, 6.07) is 4.25. The van der Waals surface area contributed by atoms with Gasteiger partial charge in [-0.05, 0) is 25.2 Å². The molecule has 14 heteroatoms. The van der Waals surface area contributed by atoms with Crippen LogP contribution in [0.15, 0.2) is 18.2 Å². The molecule has 0 bridgehead atoms. The molecule has 198 valence electrons. The highest BCUT2D eigenvalue weighted by Crippen LogP contribution is 2.28. The summed E-state index contributed by atoms with van der Waals surface area (Å²) in [5.74, 6) is -2.00. The van der Waals surface area contributed by atoms with Crippen molar-refractivity contribution in [3.63, 3.8) is 0 Å². The summed E-state index contributed by atoms with van der Waals surface area (Å²) >= 11 is 0. The van der Waals surface area contributed by atoms with Crippen molar-refractivity contribution in [2.24, 2.45) is 0 Å². The molecule has 4 amide bonds. The van der Waals surface area contributed by atoms with Gasteiger partial charge in [-0.2, -0.15) is 8.78 Å². The Balaban J connectivity index is 1.34.